The average Bonchev–Trinajstić information content (AvgIpc) is 2.95. The SMILES string of the molecule is C/C=C\c1ccc(/C(C)=C/C=C/C2NC(c3ccc4ccccc4c3)N2c2ccc3ccccc3c2)cc1N. The van der Waals surface area contributed by atoms with Gasteiger partial charge in [0.15, 0.2) is 0 Å². The van der Waals surface area contributed by atoms with Gasteiger partial charge in [0.05, 0.1) is 0 Å². The topological polar surface area (TPSA) is 41.3 Å². The summed E-state index contributed by atoms with van der Waals surface area (Å²) in [5.74, 6) is 0. The summed E-state index contributed by atoms with van der Waals surface area (Å²) >= 11 is 0. The number of fused-ring (bicyclic) bond motifs is 2. The lowest BCUT2D eigenvalue weighted by Gasteiger charge is -2.50. The molecule has 5 aromatic rings. The first-order valence-corrected chi connectivity index (χ1v) is 13.5. The van der Waals surface area contributed by atoms with Gasteiger partial charge in [-0.25, -0.2) is 0 Å². The summed E-state index contributed by atoms with van der Waals surface area (Å²) in [6, 6.07) is 36.8. The first-order valence-electron chi connectivity index (χ1n) is 13.5. The van der Waals surface area contributed by atoms with Gasteiger partial charge in [0, 0.05) is 11.4 Å². The van der Waals surface area contributed by atoms with Crippen molar-refractivity contribution in [2.24, 2.45) is 0 Å². The molecule has 0 radical (unpaired) electrons. The molecule has 1 heterocycles. The summed E-state index contributed by atoms with van der Waals surface area (Å²) in [6.45, 7) is 4.13. The molecule has 1 aliphatic rings. The van der Waals surface area contributed by atoms with Crippen molar-refractivity contribution < 1.29 is 0 Å². The Labute approximate surface area is 230 Å². The van der Waals surface area contributed by atoms with Crippen LogP contribution in [-0.4, -0.2) is 6.17 Å². The van der Waals surface area contributed by atoms with Crippen LogP contribution in [0.1, 0.15) is 36.7 Å². The molecule has 1 fully saturated rings. The molecule has 5 aromatic carbocycles. The molecule has 0 aromatic heterocycles. The highest BCUT2D eigenvalue weighted by Crippen LogP contribution is 2.37. The number of hydrogen-bond donors (Lipinski definition) is 2. The van der Waals surface area contributed by atoms with Crippen LogP contribution in [0.15, 0.2) is 127 Å². The maximum Gasteiger partial charge on any atom is 0.109 e. The van der Waals surface area contributed by atoms with Crippen LogP contribution in [0.4, 0.5) is 11.4 Å². The summed E-state index contributed by atoms with van der Waals surface area (Å²) in [4.78, 5) is 2.46. The highest BCUT2D eigenvalue weighted by Gasteiger charge is 2.37. The number of nitrogen functional groups attached to an aromatic ring is 1. The molecular weight excluding hydrogens is 474 g/mol. The fourth-order valence-electron chi connectivity index (χ4n) is 5.38. The zero-order chi connectivity index (χ0) is 26.8. The Hall–Kier alpha value is -4.60. The van der Waals surface area contributed by atoms with E-state index in [9.17, 15) is 0 Å². The predicted octanol–water partition coefficient (Wildman–Crippen LogP) is 8.70. The van der Waals surface area contributed by atoms with Crippen LogP contribution in [0.2, 0.25) is 0 Å². The van der Waals surface area contributed by atoms with Gasteiger partial charge < -0.3 is 10.6 Å². The number of nitrogens with zero attached hydrogens (tertiary/aromatic N) is 1. The average molecular weight is 508 g/mol. The maximum absolute atomic E-state index is 6.27. The summed E-state index contributed by atoms with van der Waals surface area (Å²) in [6.07, 6.45) is 10.8. The molecule has 2 unspecified atom stereocenters. The number of rotatable bonds is 6. The molecule has 39 heavy (non-hydrogen) atoms. The lowest BCUT2D eigenvalue weighted by atomic mass is 9.99. The van der Waals surface area contributed by atoms with E-state index in [1.54, 1.807) is 0 Å². The van der Waals surface area contributed by atoms with Crippen molar-refractivity contribution >= 4 is 44.6 Å². The summed E-state index contributed by atoms with van der Waals surface area (Å²) < 4.78 is 0. The molecule has 0 amide bonds. The molecule has 0 aliphatic carbocycles. The van der Waals surface area contributed by atoms with Crippen molar-refractivity contribution in [3.63, 3.8) is 0 Å². The molecule has 0 bridgehead atoms. The van der Waals surface area contributed by atoms with E-state index < -0.39 is 0 Å². The molecule has 3 nitrogen and oxygen atoms in total. The number of allylic oxidation sites excluding steroid dienone is 4. The van der Waals surface area contributed by atoms with E-state index in [-0.39, 0.29) is 12.3 Å². The van der Waals surface area contributed by atoms with Gasteiger partial charge in [-0.2, -0.15) is 0 Å². The minimum Gasteiger partial charge on any atom is -0.398 e. The standard InChI is InChI=1S/C36H33N3/c1-3-9-28-17-18-29(24-34(28)37)25(2)10-8-15-35-38-36(32-19-16-26-11-4-6-13-30(26)22-32)39(35)33-21-20-27-12-5-7-14-31(27)23-33/h3-24,35-36,38H,37H2,1-2H3/b9-3-,15-8+,25-10+. The van der Waals surface area contributed by atoms with Crippen molar-refractivity contribution in [1.82, 2.24) is 5.32 Å². The second-order valence-corrected chi connectivity index (χ2v) is 10.1. The first-order chi connectivity index (χ1) is 19.1. The zero-order valence-electron chi connectivity index (χ0n) is 22.4. The molecule has 0 saturated carbocycles. The number of benzene rings is 5. The molecule has 1 saturated heterocycles. The van der Waals surface area contributed by atoms with Gasteiger partial charge in [-0.15, -0.1) is 0 Å². The van der Waals surface area contributed by atoms with E-state index in [1.807, 2.05) is 25.1 Å². The van der Waals surface area contributed by atoms with Crippen LogP contribution < -0.4 is 16.0 Å². The van der Waals surface area contributed by atoms with Crippen molar-refractivity contribution in [1.29, 1.82) is 0 Å². The monoisotopic (exact) mass is 507 g/mol. The maximum atomic E-state index is 6.27. The molecular formula is C36H33N3. The minimum atomic E-state index is 0.0776. The summed E-state index contributed by atoms with van der Waals surface area (Å²) in [5.41, 5.74) is 12.9. The van der Waals surface area contributed by atoms with E-state index in [1.165, 1.54) is 38.4 Å². The smallest absolute Gasteiger partial charge is 0.109 e. The van der Waals surface area contributed by atoms with E-state index in [0.717, 1.165) is 16.8 Å². The zero-order valence-corrected chi connectivity index (χ0v) is 22.4. The number of hydrogen-bond acceptors (Lipinski definition) is 3. The highest BCUT2D eigenvalue weighted by molar-refractivity contribution is 5.87. The van der Waals surface area contributed by atoms with Crippen LogP contribution in [0, 0.1) is 0 Å². The van der Waals surface area contributed by atoms with Gasteiger partial charge in [0.1, 0.15) is 12.3 Å². The van der Waals surface area contributed by atoms with Gasteiger partial charge in [0.2, 0.25) is 0 Å². The third-order valence-corrected chi connectivity index (χ3v) is 7.55. The van der Waals surface area contributed by atoms with Gasteiger partial charge in [0.25, 0.3) is 0 Å². The Morgan fingerprint density at radius 1 is 0.795 bits per heavy atom. The van der Waals surface area contributed by atoms with Crippen molar-refractivity contribution in [3.05, 3.63) is 144 Å². The Bertz CT molecular complexity index is 1740. The second kappa shape index (κ2) is 10.6. The lowest BCUT2D eigenvalue weighted by Crippen LogP contribution is -2.63. The highest BCUT2D eigenvalue weighted by atomic mass is 15.5. The third-order valence-electron chi connectivity index (χ3n) is 7.55. The molecule has 2 atom stereocenters. The Balaban J connectivity index is 1.30. The summed E-state index contributed by atoms with van der Waals surface area (Å²) in [5, 5.41) is 8.80. The van der Waals surface area contributed by atoms with E-state index in [2.05, 4.69) is 132 Å². The molecule has 1 aliphatic heterocycles. The fourth-order valence-corrected chi connectivity index (χ4v) is 5.38. The van der Waals surface area contributed by atoms with Crippen molar-refractivity contribution in [2.75, 3.05) is 10.6 Å². The third kappa shape index (κ3) is 4.97. The second-order valence-electron chi connectivity index (χ2n) is 10.1. The van der Waals surface area contributed by atoms with Crippen molar-refractivity contribution in [3.8, 4) is 0 Å². The molecule has 0 spiro atoms. The van der Waals surface area contributed by atoms with Crippen LogP contribution in [0.25, 0.3) is 33.2 Å². The Morgan fingerprint density at radius 3 is 2.21 bits per heavy atom. The summed E-state index contributed by atoms with van der Waals surface area (Å²) in [7, 11) is 0. The normalized spacial score (nSPS) is 17.9. The van der Waals surface area contributed by atoms with Gasteiger partial charge in [-0.05, 0) is 88.0 Å². The molecule has 192 valence electrons. The van der Waals surface area contributed by atoms with Crippen LogP contribution in [0.3, 0.4) is 0 Å². The first kappa shape index (κ1) is 24.7. The van der Waals surface area contributed by atoms with Gasteiger partial charge >= 0.3 is 0 Å². The van der Waals surface area contributed by atoms with Crippen LogP contribution in [-0.2, 0) is 0 Å². The fraction of sp³-hybridized carbons (Fsp3) is 0.111. The molecule has 3 N–H and O–H groups in total. The largest absolute Gasteiger partial charge is 0.398 e. The van der Waals surface area contributed by atoms with Gasteiger partial charge in [-0.3, -0.25) is 5.32 Å². The predicted molar refractivity (Wildman–Crippen MR) is 168 cm³/mol. The lowest BCUT2D eigenvalue weighted by molar-refractivity contribution is 0.317. The van der Waals surface area contributed by atoms with E-state index in [4.69, 9.17) is 5.73 Å². The van der Waals surface area contributed by atoms with Crippen LogP contribution >= 0.6 is 0 Å². The number of anilines is 2. The van der Waals surface area contributed by atoms with Gasteiger partial charge in [-0.1, -0.05) is 103 Å². The number of nitrogens with one attached hydrogen (secondary N) is 1. The molecule has 6 rings (SSSR count). The number of nitrogens with two attached hydrogens (primary N) is 1. The quantitative estimate of drug-likeness (QED) is 0.178. The Morgan fingerprint density at radius 2 is 1.49 bits per heavy atom. The van der Waals surface area contributed by atoms with E-state index in [0.29, 0.717) is 0 Å². The van der Waals surface area contributed by atoms with E-state index >= 15 is 0 Å². The Kier molecular flexibility index (Phi) is 6.75. The minimum absolute atomic E-state index is 0.0776. The van der Waals surface area contributed by atoms with Crippen LogP contribution in [0.5, 0.6) is 0 Å². The van der Waals surface area contributed by atoms with Crippen molar-refractivity contribution in [2.45, 2.75) is 26.2 Å². The molecule has 3 heteroatoms.